The standard InChI is InChI=1S/C25H25NO4/c27-24(28)25(29-22-7-3-1-4-8-22)30-23-15-11-20(12-16-23)19-9-13-21(14-10-19)26-17-5-2-6-18-26/h1,3-4,7-16,25H,2,5-6,17-18H2,(H,27,28). The first-order valence-electron chi connectivity index (χ1n) is 10.3. The third kappa shape index (κ3) is 4.92. The Morgan fingerprint density at radius 1 is 0.733 bits per heavy atom. The number of ether oxygens (including phenoxy) is 2. The zero-order chi connectivity index (χ0) is 20.8. The van der Waals surface area contributed by atoms with Crippen LogP contribution in [0.15, 0.2) is 78.9 Å². The molecule has 1 fully saturated rings. The van der Waals surface area contributed by atoms with Gasteiger partial charge < -0.3 is 19.5 Å². The fourth-order valence-corrected chi connectivity index (χ4v) is 3.61. The molecule has 0 saturated carbocycles. The highest BCUT2D eigenvalue weighted by Gasteiger charge is 2.21. The van der Waals surface area contributed by atoms with E-state index in [1.807, 2.05) is 18.2 Å². The lowest BCUT2D eigenvalue weighted by Crippen LogP contribution is -2.33. The molecule has 30 heavy (non-hydrogen) atoms. The minimum Gasteiger partial charge on any atom is -0.476 e. The maximum absolute atomic E-state index is 11.5. The summed E-state index contributed by atoms with van der Waals surface area (Å²) in [5.74, 6) is -0.307. The van der Waals surface area contributed by atoms with Gasteiger partial charge in [-0.15, -0.1) is 0 Å². The van der Waals surface area contributed by atoms with Crippen molar-refractivity contribution < 1.29 is 19.4 Å². The van der Waals surface area contributed by atoms with Gasteiger partial charge in [-0.25, -0.2) is 4.79 Å². The Hall–Kier alpha value is -3.47. The van der Waals surface area contributed by atoms with E-state index >= 15 is 0 Å². The molecule has 1 unspecified atom stereocenters. The summed E-state index contributed by atoms with van der Waals surface area (Å²) in [5, 5.41) is 9.41. The molecule has 0 radical (unpaired) electrons. The molecule has 0 spiro atoms. The molecule has 5 heteroatoms. The Labute approximate surface area is 176 Å². The van der Waals surface area contributed by atoms with E-state index in [0.29, 0.717) is 11.5 Å². The van der Waals surface area contributed by atoms with Crippen LogP contribution in [0.25, 0.3) is 11.1 Å². The number of anilines is 1. The van der Waals surface area contributed by atoms with E-state index in [0.717, 1.165) is 24.2 Å². The monoisotopic (exact) mass is 403 g/mol. The van der Waals surface area contributed by atoms with E-state index in [4.69, 9.17) is 9.47 Å². The molecule has 3 aromatic rings. The summed E-state index contributed by atoms with van der Waals surface area (Å²) in [7, 11) is 0. The number of hydrogen-bond acceptors (Lipinski definition) is 4. The average molecular weight is 403 g/mol. The summed E-state index contributed by atoms with van der Waals surface area (Å²) in [5.41, 5.74) is 3.42. The number of piperidine rings is 1. The molecular weight excluding hydrogens is 378 g/mol. The average Bonchev–Trinajstić information content (AvgIpc) is 2.80. The molecule has 0 bridgehead atoms. The van der Waals surface area contributed by atoms with E-state index in [1.165, 1.54) is 24.9 Å². The Morgan fingerprint density at radius 2 is 1.27 bits per heavy atom. The van der Waals surface area contributed by atoms with Gasteiger partial charge in [0, 0.05) is 18.8 Å². The van der Waals surface area contributed by atoms with Crippen LogP contribution >= 0.6 is 0 Å². The predicted octanol–water partition coefficient (Wildman–Crippen LogP) is 5.21. The lowest BCUT2D eigenvalue weighted by Gasteiger charge is -2.28. The highest BCUT2D eigenvalue weighted by molar-refractivity contribution is 5.72. The first-order chi connectivity index (χ1) is 14.7. The Balaban J connectivity index is 1.42. The number of rotatable bonds is 7. The zero-order valence-electron chi connectivity index (χ0n) is 16.7. The van der Waals surface area contributed by atoms with Gasteiger partial charge in [-0.3, -0.25) is 0 Å². The van der Waals surface area contributed by atoms with Crippen molar-refractivity contribution in [3.63, 3.8) is 0 Å². The Kier molecular flexibility index (Phi) is 6.18. The zero-order valence-corrected chi connectivity index (χ0v) is 16.7. The SMILES string of the molecule is O=C(O)C(Oc1ccccc1)Oc1ccc(-c2ccc(N3CCCCC3)cc2)cc1. The first-order valence-corrected chi connectivity index (χ1v) is 10.3. The third-order valence-corrected chi connectivity index (χ3v) is 5.21. The lowest BCUT2D eigenvalue weighted by atomic mass is 10.0. The number of carbonyl (C=O) groups is 1. The van der Waals surface area contributed by atoms with Crippen molar-refractivity contribution in [2.24, 2.45) is 0 Å². The minimum absolute atomic E-state index is 0.437. The predicted molar refractivity (Wildman–Crippen MR) is 117 cm³/mol. The number of hydrogen-bond donors (Lipinski definition) is 1. The van der Waals surface area contributed by atoms with Gasteiger partial charge in [0.25, 0.3) is 0 Å². The van der Waals surface area contributed by atoms with Crippen LogP contribution in [0.4, 0.5) is 5.69 Å². The first kappa shape index (κ1) is 19.8. The maximum Gasteiger partial charge on any atom is 0.387 e. The van der Waals surface area contributed by atoms with E-state index < -0.39 is 12.3 Å². The quantitative estimate of drug-likeness (QED) is 0.549. The van der Waals surface area contributed by atoms with Crippen molar-refractivity contribution in [1.82, 2.24) is 0 Å². The second-order valence-corrected chi connectivity index (χ2v) is 7.34. The molecule has 5 nitrogen and oxygen atoms in total. The molecule has 4 rings (SSSR count). The van der Waals surface area contributed by atoms with E-state index in [2.05, 4.69) is 29.2 Å². The van der Waals surface area contributed by atoms with E-state index in [1.54, 1.807) is 36.4 Å². The van der Waals surface area contributed by atoms with Crippen molar-refractivity contribution >= 4 is 11.7 Å². The van der Waals surface area contributed by atoms with Crippen LogP contribution in [0.1, 0.15) is 19.3 Å². The van der Waals surface area contributed by atoms with E-state index in [-0.39, 0.29) is 0 Å². The van der Waals surface area contributed by atoms with Crippen LogP contribution in [-0.2, 0) is 4.79 Å². The molecule has 0 aliphatic carbocycles. The molecular formula is C25H25NO4. The van der Waals surface area contributed by atoms with Crippen LogP contribution < -0.4 is 14.4 Å². The minimum atomic E-state index is -1.41. The number of nitrogens with zero attached hydrogens (tertiary/aromatic N) is 1. The number of para-hydroxylation sites is 1. The van der Waals surface area contributed by atoms with Crippen molar-refractivity contribution in [3.05, 3.63) is 78.9 Å². The smallest absolute Gasteiger partial charge is 0.387 e. The van der Waals surface area contributed by atoms with Crippen LogP contribution in [-0.4, -0.2) is 30.5 Å². The Bertz CT molecular complexity index is 949. The van der Waals surface area contributed by atoms with Gasteiger partial charge in [-0.1, -0.05) is 42.5 Å². The topological polar surface area (TPSA) is 59.0 Å². The highest BCUT2D eigenvalue weighted by atomic mass is 16.7. The van der Waals surface area contributed by atoms with Crippen LogP contribution in [0, 0.1) is 0 Å². The lowest BCUT2D eigenvalue weighted by molar-refractivity contribution is -0.158. The summed E-state index contributed by atoms with van der Waals surface area (Å²) < 4.78 is 11.0. The summed E-state index contributed by atoms with van der Waals surface area (Å²) in [6.45, 7) is 2.25. The normalized spacial score (nSPS) is 14.7. The molecule has 1 heterocycles. The van der Waals surface area contributed by atoms with Crippen LogP contribution in [0.3, 0.4) is 0 Å². The molecule has 1 aliphatic rings. The van der Waals surface area contributed by atoms with Gasteiger partial charge in [0.15, 0.2) is 0 Å². The molecule has 154 valence electrons. The van der Waals surface area contributed by atoms with Crippen molar-refractivity contribution in [3.8, 4) is 22.6 Å². The number of benzene rings is 3. The van der Waals surface area contributed by atoms with Crippen LogP contribution in [0.2, 0.25) is 0 Å². The van der Waals surface area contributed by atoms with Crippen molar-refractivity contribution in [1.29, 1.82) is 0 Å². The summed E-state index contributed by atoms with van der Waals surface area (Å²) in [6.07, 6.45) is 2.42. The largest absolute Gasteiger partial charge is 0.476 e. The van der Waals surface area contributed by atoms with Gasteiger partial charge in [-0.2, -0.15) is 0 Å². The van der Waals surface area contributed by atoms with Gasteiger partial charge in [-0.05, 0) is 66.8 Å². The molecule has 0 amide bonds. The summed E-state index contributed by atoms with van der Waals surface area (Å²) in [6, 6.07) is 24.7. The summed E-state index contributed by atoms with van der Waals surface area (Å²) in [4.78, 5) is 13.9. The second kappa shape index (κ2) is 9.35. The van der Waals surface area contributed by atoms with Crippen LogP contribution in [0.5, 0.6) is 11.5 Å². The van der Waals surface area contributed by atoms with Gasteiger partial charge >= 0.3 is 12.3 Å². The molecule has 3 aromatic carbocycles. The second-order valence-electron chi connectivity index (χ2n) is 7.34. The fourth-order valence-electron chi connectivity index (χ4n) is 3.61. The number of carboxylic acids is 1. The van der Waals surface area contributed by atoms with Gasteiger partial charge in [0.2, 0.25) is 0 Å². The van der Waals surface area contributed by atoms with Gasteiger partial charge in [0.1, 0.15) is 11.5 Å². The number of aliphatic carboxylic acids is 1. The molecule has 0 aromatic heterocycles. The Morgan fingerprint density at radius 3 is 1.83 bits per heavy atom. The van der Waals surface area contributed by atoms with E-state index in [9.17, 15) is 9.90 Å². The molecule has 1 atom stereocenters. The number of carboxylic acid groups (broad SMARTS) is 1. The third-order valence-electron chi connectivity index (χ3n) is 5.21. The fraction of sp³-hybridized carbons (Fsp3) is 0.240. The molecule has 1 N–H and O–H groups in total. The molecule has 1 saturated heterocycles. The highest BCUT2D eigenvalue weighted by Crippen LogP contribution is 2.27. The summed E-state index contributed by atoms with van der Waals surface area (Å²) >= 11 is 0. The van der Waals surface area contributed by atoms with Crippen molar-refractivity contribution in [2.45, 2.75) is 25.6 Å². The van der Waals surface area contributed by atoms with Crippen molar-refractivity contribution in [2.75, 3.05) is 18.0 Å². The maximum atomic E-state index is 11.5. The molecule has 1 aliphatic heterocycles. The van der Waals surface area contributed by atoms with Gasteiger partial charge in [0.05, 0.1) is 0 Å².